The summed E-state index contributed by atoms with van der Waals surface area (Å²) in [6.07, 6.45) is 0. The molecule has 6 heteroatoms. The van der Waals surface area contributed by atoms with Crippen molar-refractivity contribution in [2.24, 2.45) is 0 Å². The fourth-order valence-electron chi connectivity index (χ4n) is 1.65. The largest absolute Gasteiger partial charge is 0.506 e. The maximum atomic E-state index is 12.1. The van der Waals surface area contributed by atoms with Crippen molar-refractivity contribution in [3.05, 3.63) is 53.1 Å². The Balaban J connectivity index is 2.01. The van der Waals surface area contributed by atoms with Crippen LogP contribution in [-0.4, -0.2) is 11.7 Å². The normalized spacial score (nSPS) is 10.6. The number of phenolic OH excluding ortho intramolecular Hbond substituents is 1. The molecule has 0 aromatic heterocycles. The Bertz CT molecular complexity index is 593. The molecule has 0 saturated heterocycles. The number of hydrogen-bond acceptors (Lipinski definition) is 3. The molecular formula is C14H12ClF2NO2. The minimum absolute atomic E-state index is 0.0164. The van der Waals surface area contributed by atoms with Crippen LogP contribution in [0.1, 0.15) is 5.56 Å². The van der Waals surface area contributed by atoms with Crippen LogP contribution in [0.4, 0.5) is 14.5 Å². The van der Waals surface area contributed by atoms with Crippen molar-refractivity contribution in [3.63, 3.8) is 0 Å². The van der Waals surface area contributed by atoms with E-state index in [2.05, 4.69) is 10.1 Å². The van der Waals surface area contributed by atoms with Crippen LogP contribution in [0.15, 0.2) is 42.5 Å². The van der Waals surface area contributed by atoms with Crippen LogP contribution in [0.25, 0.3) is 0 Å². The van der Waals surface area contributed by atoms with Gasteiger partial charge >= 0.3 is 6.61 Å². The van der Waals surface area contributed by atoms with Gasteiger partial charge < -0.3 is 15.2 Å². The summed E-state index contributed by atoms with van der Waals surface area (Å²) < 4.78 is 28.5. The van der Waals surface area contributed by atoms with Crippen LogP contribution in [0.5, 0.6) is 11.5 Å². The van der Waals surface area contributed by atoms with E-state index in [4.69, 9.17) is 11.6 Å². The predicted octanol–water partition coefficient (Wildman–Crippen LogP) is 4.26. The van der Waals surface area contributed by atoms with E-state index in [0.29, 0.717) is 12.2 Å². The molecule has 0 aliphatic carbocycles. The lowest BCUT2D eigenvalue weighted by Crippen LogP contribution is -2.03. The molecule has 0 atom stereocenters. The maximum Gasteiger partial charge on any atom is 0.387 e. The number of halogens is 3. The van der Waals surface area contributed by atoms with E-state index in [1.165, 1.54) is 18.2 Å². The van der Waals surface area contributed by atoms with E-state index in [1.807, 2.05) is 0 Å². The zero-order chi connectivity index (χ0) is 14.5. The predicted molar refractivity (Wildman–Crippen MR) is 73.5 cm³/mol. The zero-order valence-electron chi connectivity index (χ0n) is 10.3. The van der Waals surface area contributed by atoms with Gasteiger partial charge in [0, 0.05) is 18.3 Å². The Morgan fingerprint density at radius 3 is 2.70 bits per heavy atom. The molecule has 0 unspecified atom stereocenters. The van der Waals surface area contributed by atoms with Crippen LogP contribution < -0.4 is 10.1 Å². The van der Waals surface area contributed by atoms with Gasteiger partial charge in [0.1, 0.15) is 11.5 Å². The Morgan fingerprint density at radius 2 is 2.00 bits per heavy atom. The fourth-order valence-corrected chi connectivity index (χ4v) is 1.85. The Labute approximate surface area is 119 Å². The number of alkyl halides is 2. The highest BCUT2D eigenvalue weighted by Crippen LogP contribution is 2.24. The van der Waals surface area contributed by atoms with Crippen LogP contribution in [-0.2, 0) is 6.54 Å². The van der Waals surface area contributed by atoms with Gasteiger partial charge in [-0.25, -0.2) is 0 Å². The van der Waals surface area contributed by atoms with Crippen molar-refractivity contribution in [2.75, 3.05) is 5.32 Å². The molecule has 2 aromatic carbocycles. The number of hydrogen-bond donors (Lipinski definition) is 2. The van der Waals surface area contributed by atoms with Gasteiger partial charge in [-0.2, -0.15) is 8.78 Å². The third-order valence-electron chi connectivity index (χ3n) is 2.57. The second-order valence-corrected chi connectivity index (χ2v) is 4.45. The molecule has 3 nitrogen and oxygen atoms in total. The van der Waals surface area contributed by atoms with Crippen molar-refractivity contribution >= 4 is 17.3 Å². The molecule has 0 radical (unpaired) electrons. The van der Waals surface area contributed by atoms with Gasteiger partial charge in [0.05, 0.1) is 5.02 Å². The molecule has 0 amide bonds. The van der Waals surface area contributed by atoms with Gasteiger partial charge in [0.25, 0.3) is 0 Å². The number of aromatic hydroxyl groups is 1. The second-order valence-electron chi connectivity index (χ2n) is 4.05. The van der Waals surface area contributed by atoms with Crippen LogP contribution in [0.3, 0.4) is 0 Å². The van der Waals surface area contributed by atoms with Crippen molar-refractivity contribution in [1.82, 2.24) is 0 Å². The first-order chi connectivity index (χ1) is 9.54. The topological polar surface area (TPSA) is 41.5 Å². The first-order valence-electron chi connectivity index (χ1n) is 5.81. The zero-order valence-corrected chi connectivity index (χ0v) is 11.1. The SMILES string of the molecule is Oc1ccc(CNc2cccc(OC(F)F)c2)cc1Cl. The number of benzene rings is 2. The highest BCUT2D eigenvalue weighted by Gasteiger charge is 2.05. The first kappa shape index (κ1) is 14.4. The number of rotatable bonds is 5. The molecule has 0 aliphatic heterocycles. The van der Waals surface area contributed by atoms with Gasteiger partial charge in [-0.3, -0.25) is 0 Å². The lowest BCUT2D eigenvalue weighted by Gasteiger charge is -2.10. The van der Waals surface area contributed by atoms with Crippen LogP contribution in [0.2, 0.25) is 5.02 Å². The highest BCUT2D eigenvalue weighted by atomic mass is 35.5. The summed E-state index contributed by atoms with van der Waals surface area (Å²) in [5.41, 5.74) is 1.50. The lowest BCUT2D eigenvalue weighted by atomic mass is 10.2. The molecule has 0 bridgehead atoms. The molecule has 0 saturated carbocycles. The van der Waals surface area contributed by atoms with Crippen molar-refractivity contribution in [2.45, 2.75) is 13.2 Å². The number of ether oxygens (including phenoxy) is 1. The molecule has 2 rings (SSSR count). The van der Waals surface area contributed by atoms with E-state index < -0.39 is 6.61 Å². The molecule has 2 aromatic rings. The third kappa shape index (κ3) is 3.99. The van der Waals surface area contributed by atoms with Crippen molar-refractivity contribution in [3.8, 4) is 11.5 Å². The first-order valence-corrected chi connectivity index (χ1v) is 6.18. The van der Waals surface area contributed by atoms with Crippen LogP contribution >= 0.6 is 11.6 Å². The van der Waals surface area contributed by atoms with E-state index >= 15 is 0 Å². The maximum absolute atomic E-state index is 12.1. The lowest BCUT2D eigenvalue weighted by molar-refractivity contribution is -0.0498. The summed E-state index contributed by atoms with van der Waals surface area (Å²) >= 11 is 5.80. The monoisotopic (exact) mass is 299 g/mol. The summed E-state index contributed by atoms with van der Waals surface area (Å²) in [6.45, 7) is -2.40. The second kappa shape index (κ2) is 6.43. The number of anilines is 1. The van der Waals surface area contributed by atoms with Crippen molar-refractivity contribution < 1.29 is 18.6 Å². The van der Waals surface area contributed by atoms with Gasteiger partial charge in [-0.1, -0.05) is 23.7 Å². The molecule has 0 heterocycles. The summed E-state index contributed by atoms with van der Waals surface area (Å²) in [4.78, 5) is 0. The summed E-state index contributed by atoms with van der Waals surface area (Å²) in [7, 11) is 0. The Hall–Kier alpha value is -2.01. The Morgan fingerprint density at radius 1 is 1.20 bits per heavy atom. The number of nitrogens with one attached hydrogen (secondary N) is 1. The van der Waals surface area contributed by atoms with Gasteiger partial charge in [-0.15, -0.1) is 0 Å². The van der Waals surface area contributed by atoms with Gasteiger partial charge in [0.15, 0.2) is 0 Å². The molecule has 0 fully saturated rings. The minimum Gasteiger partial charge on any atom is -0.506 e. The molecule has 2 N–H and O–H groups in total. The fraction of sp³-hybridized carbons (Fsp3) is 0.143. The van der Waals surface area contributed by atoms with E-state index in [9.17, 15) is 13.9 Å². The summed E-state index contributed by atoms with van der Waals surface area (Å²) in [6, 6.07) is 11.1. The van der Waals surface area contributed by atoms with E-state index in [-0.39, 0.29) is 16.5 Å². The molecule has 0 aliphatic rings. The summed E-state index contributed by atoms with van der Waals surface area (Å²) in [5, 5.41) is 12.6. The molecule has 20 heavy (non-hydrogen) atoms. The minimum atomic E-state index is -2.85. The Kier molecular flexibility index (Phi) is 4.63. The van der Waals surface area contributed by atoms with Gasteiger partial charge in [-0.05, 0) is 29.8 Å². The highest BCUT2D eigenvalue weighted by molar-refractivity contribution is 6.32. The quantitative estimate of drug-likeness (QED) is 0.867. The summed E-state index contributed by atoms with van der Waals surface area (Å²) in [5.74, 6) is 0.108. The van der Waals surface area contributed by atoms with Crippen molar-refractivity contribution in [1.29, 1.82) is 0 Å². The average Bonchev–Trinajstić information content (AvgIpc) is 2.40. The van der Waals surface area contributed by atoms with Gasteiger partial charge in [0.2, 0.25) is 0 Å². The third-order valence-corrected chi connectivity index (χ3v) is 2.87. The van der Waals surface area contributed by atoms with E-state index in [0.717, 1.165) is 5.56 Å². The molecular weight excluding hydrogens is 288 g/mol. The number of phenols is 1. The van der Waals surface area contributed by atoms with Crippen LogP contribution in [0, 0.1) is 0 Å². The van der Waals surface area contributed by atoms with E-state index in [1.54, 1.807) is 24.3 Å². The average molecular weight is 300 g/mol. The molecule has 0 spiro atoms. The smallest absolute Gasteiger partial charge is 0.387 e. The molecule has 106 valence electrons. The standard InChI is InChI=1S/C14H12ClF2NO2/c15-12-6-9(4-5-13(12)19)8-18-10-2-1-3-11(7-10)20-14(16)17/h1-7,14,18-19H,8H2.